The minimum atomic E-state index is 0.0276. The third-order valence-corrected chi connectivity index (χ3v) is 6.36. The Kier molecular flexibility index (Phi) is 4.50. The molecule has 7 nitrogen and oxygen atoms in total. The summed E-state index contributed by atoms with van der Waals surface area (Å²) in [6, 6.07) is 2.01. The SMILES string of the molecule is Cc1cc(N2CCN(C)[C@]3(CCC(=O)N(CC4CC4)CC3)C2)nc(N)n1. The highest BCUT2D eigenvalue weighted by Crippen LogP contribution is 2.36. The van der Waals surface area contributed by atoms with Gasteiger partial charge in [0.15, 0.2) is 0 Å². The number of likely N-dealkylation sites (N-methyl/N-ethyl adjacent to an activating group) is 1. The molecule has 3 fully saturated rings. The van der Waals surface area contributed by atoms with Gasteiger partial charge in [0.05, 0.1) is 0 Å². The van der Waals surface area contributed by atoms with Gasteiger partial charge in [0.25, 0.3) is 0 Å². The molecule has 3 aliphatic rings. The third kappa shape index (κ3) is 3.49. The van der Waals surface area contributed by atoms with Crippen LogP contribution in [0, 0.1) is 12.8 Å². The summed E-state index contributed by atoms with van der Waals surface area (Å²) in [5, 5.41) is 0. The number of carbonyl (C=O) groups excluding carboxylic acids is 1. The van der Waals surface area contributed by atoms with Crippen LogP contribution in [-0.4, -0.2) is 71.0 Å². The molecule has 1 atom stereocenters. The summed E-state index contributed by atoms with van der Waals surface area (Å²) in [7, 11) is 2.21. The Bertz CT molecular complexity index is 670. The number of carbonyl (C=O) groups is 1. The van der Waals surface area contributed by atoms with Crippen molar-refractivity contribution in [1.29, 1.82) is 0 Å². The van der Waals surface area contributed by atoms with Gasteiger partial charge in [-0.2, -0.15) is 4.98 Å². The van der Waals surface area contributed by atoms with E-state index >= 15 is 0 Å². The van der Waals surface area contributed by atoms with Crippen molar-refractivity contribution in [2.45, 2.75) is 44.6 Å². The number of hydrogen-bond acceptors (Lipinski definition) is 6. The summed E-state index contributed by atoms with van der Waals surface area (Å²) in [5.41, 5.74) is 6.79. The van der Waals surface area contributed by atoms with Gasteiger partial charge in [0, 0.05) is 56.4 Å². The summed E-state index contributed by atoms with van der Waals surface area (Å²) in [4.78, 5) is 28.2. The van der Waals surface area contributed by atoms with Crippen LogP contribution in [0.3, 0.4) is 0 Å². The molecule has 3 heterocycles. The predicted molar refractivity (Wildman–Crippen MR) is 102 cm³/mol. The number of aryl methyl sites for hydroxylation is 1. The summed E-state index contributed by atoms with van der Waals surface area (Å²) < 4.78 is 0. The highest BCUT2D eigenvalue weighted by atomic mass is 16.2. The highest BCUT2D eigenvalue weighted by molar-refractivity contribution is 5.76. The van der Waals surface area contributed by atoms with Crippen LogP contribution in [0.2, 0.25) is 0 Å². The van der Waals surface area contributed by atoms with E-state index in [-0.39, 0.29) is 5.54 Å². The molecule has 2 aliphatic heterocycles. The highest BCUT2D eigenvalue weighted by Gasteiger charge is 2.43. The fourth-order valence-corrected chi connectivity index (χ4v) is 4.43. The second-order valence-electron chi connectivity index (χ2n) is 8.33. The first-order chi connectivity index (χ1) is 12.4. The monoisotopic (exact) mass is 358 g/mol. The first-order valence-electron chi connectivity index (χ1n) is 9.80. The van der Waals surface area contributed by atoms with Gasteiger partial charge < -0.3 is 15.5 Å². The minimum absolute atomic E-state index is 0.0276. The van der Waals surface area contributed by atoms with Crippen molar-refractivity contribution in [3.63, 3.8) is 0 Å². The normalized spacial score (nSPS) is 27.8. The zero-order valence-corrected chi connectivity index (χ0v) is 15.9. The van der Waals surface area contributed by atoms with E-state index in [2.05, 4.69) is 31.7 Å². The number of piperazine rings is 1. The van der Waals surface area contributed by atoms with Crippen LogP contribution in [0.25, 0.3) is 0 Å². The smallest absolute Gasteiger partial charge is 0.222 e. The van der Waals surface area contributed by atoms with Crippen LogP contribution in [0.15, 0.2) is 6.07 Å². The lowest BCUT2D eigenvalue weighted by atomic mass is 9.86. The maximum Gasteiger partial charge on any atom is 0.222 e. The second kappa shape index (κ2) is 6.68. The Hall–Kier alpha value is -1.89. The van der Waals surface area contributed by atoms with Gasteiger partial charge in [-0.05, 0) is 45.6 Å². The Morgan fingerprint density at radius 1 is 1.23 bits per heavy atom. The number of nitrogens with zero attached hydrogens (tertiary/aromatic N) is 5. The van der Waals surface area contributed by atoms with Crippen LogP contribution < -0.4 is 10.6 Å². The predicted octanol–water partition coefficient (Wildman–Crippen LogP) is 1.28. The number of aromatic nitrogens is 2. The maximum absolute atomic E-state index is 12.6. The molecule has 7 heteroatoms. The molecule has 0 unspecified atom stereocenters. The fourth-order valence-electron chi connectivity index (χ4n) is 4.43. The van der Waals surface area contributed by atoms with Crippen LogP contribution in [0.1, 0.15) is 37.8 Å². The third-order valence-electron chi connectivity index (χ3n) is 6.36. The summed E-state index contributed by atoms with van der Waals surface area (Å²) in [5.74, 6) is 2.33. The molecule has 1 aromatic heterocycles. The van der Waals surface area contributed by atoms with Crippen LogP contribution in [-0.2, 0) is 4.79 Å². The van der Waals surface area contributed by atoms with Crippen molar-refractivity contribution in [3.05, 3.63) is 11.8 Å². The lowest BCUT2D eigenvalue weighted by molar-refractivity contribution is -0.130. The van der Waals surface area contributed by atoms with Crippen molar-refractivity contribution in [2.75, 3.05) is 50.4 Å². The van der Waals surface area contributed by atoms with Crippen molar-refractivity contribution in [3.8, 4) is 0 Å². The molecule has 1 aromatic rings. The van der Waals surface area contributed by atoms with Crippen LogP contribution >= 0.6 is 0 Å². The molecule has 0 radical (unpaired) electrons. The van der Waals surface area contributed by atoms with Gasteiger partial charge >= 0.3 is 0 Å². The molecule has 26 heavy (non-hydrogen) atoms. The van der Waals surface area contributed by atoms with E-state index in [4.69, 9.17) is 5.73 Å². The lowest BCUT2D eigenvalue weighted by Gasteiger charge is -2.49. The van der Waals surface area contributed by atoms with E-state index in [1.165, 1.54) is 12.8 Å². The molecule has 1 spiro atoms. The molecule has 2 saturated heterocycles. The zero-order chi connectivity index (χ0) is 18.3. The Balaban J connectivity index is 1.52. The van der Waals surface area contributed by atoms with Crippen molar-refractivity contribution < 1.29 is 4.79 Å². The average Bonchev–Trinajstić information content (AvgIpc) is 3.42. The summed E-state index contributed by atoms with van der Waals surface area (Å²) in [6.07, 6.45) is 5.17. The van der Waals surface area contributed by atoms with Gasteiger partial charge in [0.1, 0.15) is 5.82 Å². The topological polar surface area (TPSA) is 78.6 Å². The van der Waals surface area contributed by atoms with Crippen LogP contribution in [0.5, 0.6) is 0 Å². The zero-order valence-electron chi connectivity index (χ0n) is 15.9. The number of likely N-dealkylation sites (tertiary alicyclic amines) is 1. The average molecular weight is 358 g/mol. The molecule has 1 aliphatic carbocycles. The molecule has 0 bridgehead atoms. The van der Waals surface area contributed by atoms with E-state index in [1.807, 2.05) is 13.0 Å². The van der Waals surface area contributed by atoms with Gasteiger partial charge in [-0.3, -0.25) is 9.69 Å². The summed E-state index contributed by atoms with van der Waals surface area (Å²) >= 11 is 0. The minimum Gasteiger partial charge on any atom is -0.368 e. The van der Waals surface area contributed by atoms with Gasteiger partial charge in [-0.1, -0.05) is 0 Å². The lowest BCUT2D eigenvalue weighted by Crippen LogP contribution is -2.61. The quantitative estimate of drug-likeness (QED) is 0.877. The first-order valence-corrected chi connectivity index (χ1v) is 9.80. The van der Waals surface area contributed by atoms with Gasteiger partial charge in [-0.15, -0.1) is 0 Å². The molecule has 0 aromatic carbocycles. The molecule has 1 amide bonds. The van der Waals surface area contributed by atoms with E-state index < -0.39 is 0 Å². The first kappa shape index (κ1) is 17.5. The van der Waals surface area contributed by atoms with E-state index in [0.717, 1.165) is 63.0 Å². The number of amides is 1. The van der Waals surface area contributed by atoms with Crippen LogP contribution in [0.4, 0.5) is 11.8 Å². The Labute approximate surface area is 155 Å². The number of nitrogens with two attached hydrogens (primary N) is 1. The van der Waals surface area contributed by atoms with Crippen molar-refractivity contribution in [2.24, 2.45) is 5.92 Å². The number of anilines is 2. The molecular formula is C19H30N6O. The molecule has 1 saturated carbocycles. The molecule has 4 rings (SSSR count). The standard InChI is InChI=1S/C19H30N6O/c1-14-11-16(22-18(20)21-14)25-10-9-23(2)19(13-25)6-5-17(26)24(8-7-19)12-15-3-4-15/h11,15H,3-10,12-13H2,1-2H3,(H2,20,21,22)/t19-/m0/s1. The van der Waals surface area contributed by atoms with E-state index in [1.54, 1.807) is 0 Å². The number of rotatable bonds is 3. The van der Waals surface area contributed by atoms with Crippen molar-refractivity contribution >= 4 is 17.7 Å². The number of nitrogen functional groups attached to an aromatic ring is 1. The molecular weight excluding hydrogens is 328 g/mol. The van der Waals surface area contributed by atoms with Gasteiger partial charge in [-0.25, -0.2) is 4.98 Å². The maximum atomic E-state index is 12.6. The Morgan fingerprint density at radius 2 is 2.04 bits per heavy atom. The molecule has 2 N–H and O–H groups in total. The number of hydrogen-bond donors (Lipinski definition) is 1. The fraction of sp³-hybridized carbons (Fsp3) is 0.737. The van der Waals surface area contributed by atoms with Crippen molar-refractivity contribution in [1.82, 2.24) is 19.8 Å². The van der Waals surface area contributed by atoms with E-state index in [9.17, 15) is 4.79 Å². The van der Waals surface area contributed by atoms with E-state index in [0.29, 0.717) is 18.3 Å². The van der Waals surface area contributed by atoms with Gasteiger partial charge in [0.2, 0.25) is 11.9 Å². The second-order valence-corrected chi connectivity index (χ2v) is 8.33. The summed E-state index contributed by atoms with van der Waals surface area (Å²) in [6.45, 7) is 6.58. The largest absolute Gasteiger partial charge is 0.368 e. The Morgan fingerprint density at radius 3 is 2.77 bits per heavy atom. The molecule has 142 valence electrons.